The second-order valence-corrected chi connectivity index (χ2v) is 5.17. The van der Waals surface area contributed by atoms with Crippen molar-refractivity contribution in [1.82, 2.24) is 4.90 Å². The summed E-state index contributed by atoms with van der Waals surface area (Å²) in [5.41, 5.74) is 1.16. The van der Waals surface area contributed by atoms with E-state index in [4.69, 9.17) is 28.5 Å². The van der Waals surface area contributed by atoms with Crippen molar-refractivity contribution in [2.24, 2.45) is 0 Å². The highest BCUT2D eigenvalue weighted by atomic mass is 35.5. The van der Waals surface area contributed by atoms with Crippen LogP contribution in [0.15, 0.2) is 18.2 Å². The molecule has 0 amide bonds. The molecule has 90 valence electrons. The van der Waals surface area contributed by atoms with E-state index in [1.807, 2.05) is 18.2 Å². The molecule has 0 radical (unpaired) electrons. The Balaban J connectivity index is 2.01. The number of hydrogen-bond acceptors (Lipinski definition) is 2. The minimum Gasteiger partial charge on any atom is -0.295 e. The number of benzene rings is 1. The molecule has 1 aliphatic carbocycles. The van der Waals surface area contributed by atoms with Gasteiger partial charge < -0.3 is 0 Å². The van der Waals surface area contributed by atoms with E-state index in [1.165, 1.54) is 12.8 Å². The fraction of sp³-hybridized carbons (Fsp3) is 0.462. The average Bonchev–Trinajstić information content (AvgIpc) is 3.13. The Bertz CT molecular complexity index is 436. The summed E-state index contributed by atoms with van der Waals surface area (Å²) in [6, 6.07) is 8.58. The molecule has 4 heteroatoms. The fourth-order valence-corrected chi connectivity index (χ4v) is 2.22. The van der Waals surface area contributed by atoms with Crippen molar-refractivity contribution in [2.75, 3.05) is 6.54 Å². The van der Waals surface area contributed by atoms with E-state index in [1.54, 1.807) is 0 Å². The highest BCUT2D eigenvalue weighted by Crippen LogP contribution is 2.29. The van der Waals surface area contributed by atoms with Crippen LogP contribution >= 0.6 is 23.2 Å². The molecule has 1 aromatic rings. The molecule has 1 aromatic carbocycles. The first-order chi connectivity index (χ1) is 8.20. The van der Waals surface area contributed by atoms with Crippen LogP contribution in [0.1, 0.15) is 24.8 Å². The molecular weight excluding hydrogens is 255 g/mol. The molecule has 0 spiro atoms. The fourth-order valence-electron chi connectivity index (χ4n) is 1.90. The lowest BCUT2D eigenvalue weighted by atomic mass is 10.2. The smallest absolute Gasteiger partial charge is 0.0635 e. The van der Waals surface area contributed by atoms with Crippen LogP contribution in [0.5, 0.6) is 0 Å². The van der Waals surface area contributed by atoms with Gasteiger partial charge in [0.1, 0.15) is 0 Å². The highest BCUT2D eigenvalue weighted by Gasteiger charge is 2.28. The first-order valence-corrected chi connectivity index (χ1v) is 6.51. The Morgan fingerprint density at radius 2 is 2.06 bits per heavy atom. The normalized spacial score (nSPS) is 14.9. The monoisotopic (exact) mass is 268 g/mol. The summed E-state index contributed by atoms with van der Waals surface area (Å²) in [7, 11) is 0. The molecule has 0 N–H and O–H groups in total. The van der Waals surface area contributed by atoms with Gasteiger partial charge in [0, 0.05) is 25.6 Å². The van der Waals surface area contributed by atoms with Crippen LogP contribution in [0.3, 0.4) is 0 Å². The van der Waals surface area contributed by atoms with E-state index in [9.17, 15) is 0 Å². The molecule has 0 heterocycles. The zero-order chi connectivity index (χ0) is 12.3. The van der Waals surface area contributed by atoms with E-state index in [2.05, 4.69) is 11.0 Å². The predicted octanol–water partition coefficient (Wildman–Crippen LogP) is 3.87. The third-order valence-corrected chi connectivity index (χ3v) is 3.68. The lowest BCUT2D eigenvalue weighted by Crippen LogP contribution is -2.26. The largest absolute Gasteiger partial charge is 0.295 e. The Morgan fingerprint density at radius 1 is 1.29 bits per heavy atom. The van der Waals surface area contributed by atoms with Gasteiger partial charge in [0.15, 0.2) is 0 Å². The number of rotatable bonds is 5. The molecule has 0 unspecified atom stereocenters. The zero-order valence-corrected chi connectivity index (χ0v) is 11.0. The summed E-state index contributed by atoms with van der Waals surface area (Å²) in [4.78, 5) is 2.35. The Labute approximate surface area is 112 Å². The Morgan fingerprint density at radius 3 is 2.65 bits per heavy atom. The second kappa shape index (κ2) is 5.73. The van der Waals surface area contributed by atoms with Crippen LogP contribution in [0.2, 0.25) is 10.0 Å². The van der Waals surface area contributed by atoms with Crippen LogP contribution in [-0.2, 0) is 6.54 Å². The van der Waals surface area contributed by atoms with Crippen molar-refractivity contribution in [1.29, 1.82) is 5.26 Å². The Kier molecular flexibility index (Phi) is 4.28. The maximum atomic E-state index is 8.65. The van der Waals surface area contributed by atoms with Gasteiger partial charge in [-0.15, -0.1) is 0 Å². The SMILES string of the molecule is N#CCCN(Cc1ccc(Cl)c(Cl)c1)C1CC1. The van der Waals surface area contributed by atoms with Crippen LogP contribution in [-0.4, -0.2) is 17.5 Å². The Hall–Kier alpha value is -0.750. The third-order valence-electron chi connectivity index (χ3n) is 2.94. The summed E-state index contributed by atoms with van der Waals surface area (Å²) in [5.74, 6) is 0. The molecule has 1 fully saturated rings. The number of halogens is 2. The van der Waals surface area contributed by atoms with Crippen molar-refractivity contribution >= 4 is 23.2 Å². The number of nitrogens with zero attached hydrogens (tertiary/aromatic N) is 2. The van der Waals surface area contributed by atoms with Gasteiger partial charge >= 0.3 is 0 Å². The van der Waals surface area contributed by atoms with Crippen molar-refractivity contribution in [3.63, 3.8) is 0 Å². The average molecular weight is 269 g/mol. The van der Waals surface area contributed by atoms with Crippen LogP contribution < -0.4 is 0 Å². The standard InChI is InChI=1S/C13H14Cl2N2/c14-12-5-2-10(8-13(12)15)9-17(7-1-6-16)11-3-4-11/h2,5,8,11H,1,3-4,7,9H2. The number of nitriles is 1. The van der Waals surface area contributed by atoms with Gasteiger partial charge in [-0.05, 0) is 30.5 Å². The molecule has 0 aromatic heterocycles. The molecule has 0 bridgehead atoms. The topological polar surface area (TPSA) is 27.0 Å². The quantitative estimate of drug-likeness (QED) is 0.811. The van der Waals surface area contributed by atoms with Crippen LogP contribution in [0, 0.1) is 11.3 Å². The second-order valence-electron chi connectivity index (χ2n) is 4.36. The molecule has 1 aliphatic rings. The van der Waals surface area contributed by atoms with Gasteiger partial charge in [-0.3, -0.25) is 4.90 Å². The first-order valence-electron chi connectivity index (χ1n) is 5.75. The summed E-state index contributed by atoms with van der Waals surface area (Å²) in [6.07, 6.45) is 3.07. The van der Waals surface area contributed by atoms with E-state index < -0.39 is 0 Å². The van der Waals surface area contributed by atoms with Gasteiger partial charge in [-0.25, -0.2) is 0 Å². The molecular formula is C13H14Cl2N2. The maximum absolute atomic E-state index is 8.65. The number of hydrogen-bond donors (Lipinski definition) is 0. The van der Waals surface area contributed by atoms with Gasteiger partial charge in [0.2, 0.25) is 0 Å². The lowest BCUT2D eigenvalue weighted by molar-refractivity contribution is 0.261. The van der Waals surface area contributed by atoms with Gasteiger partial charge in [0.05, 0.1) is 16.1 Å². The summed E-state index contributed by atoms with van der Waals surface area (Å²) in [6.45, 7) is 1.69. The summed E-state index contributed by atoms with van der Waals surface area (Å²) < 4.78 is 0. The van der Waals surface area contributed by atoms with E-state index in [0.29, 0.717) is 22.5 Å². The predicted molar refractivity (Wildman–Crippen MR) is 70.1 cm³/mol. The molecule has 2 nitrogen and oxygen atoms in total. The maximum Gasteiger partial charge on any atom is 0.0635 e. The van der Waals surface area contributed by atoms with E-state index in [-0.39, 0.29) is 0 Å². The van der Waals surface area contributed by atoms with Crippen molar-refractivity contribution in [3.8, 4) is 6.07 Å². The van der Waals surface area contributed by atoms with Crippen molar-refractivity contribution < 1.29 is 0 Å². The minimum absolute atomic E-state index is 0.581. The first kappa shape index (κ1) is 12.7. The molecule has 0 saturated heterocycles. The van der Waals surface area contributed by atoms with Crippen molar-refractivity contribution in [2.45, 2.75) is 31.8 Å². The van der Waals surface area contributed by atoms with Crippen LogP contribution in [0.4, 0.5) is 0 Å². The summed E-state index contributed by atoms with van der Waals surface area (Å²) in [5, 5.41) is 9.83. The van der Waals surface area contributed by atoms with E-state index in [0.717, 1.165) is 18.7 Å². The third kappa shape index (κ3) is 3.61. The van der Waals surface area contributed by atoms with Gasteiger partial charge in [-0.1, -0.05) is 29.3 Å². The molecule has 0 atom stereocenters. The zero-order valence-electron chi connectivity index (χ0n) is 9.50. The van der Waals surface area contributed by atoms with Gasteiger partial charge in [-0.2, -0.15) is 5.26 Å². The van der Waals surface area contributed by atoms with Crippen LogP contribution in [0.25, 0.3) is 0 Å². The van der Waals surface area contributed by atoms with Crippen molar-refractivity contribution in [3.05, 3.63) is 33.8 Å². The highest BCUT2D eigenvalue weighted by molar-refractivity contribution is 6.42. The van der Waals surface area contributed by atoms with Gasteiger partial charge in [0.25, 0.3) is 0 Å². The lowest BCUT2D eigenvalue weighted by Gasteiger charge is -2.20. The van der Waals surface area contributed by atoms with E-state index >= 15 is 0 Å². The molecule has 1 saturated carbocycles. The minimum atomic E-state index is 0.581. The molecule has 17 heavy (non-hydrogen) atoms. The summed E-state index contributed by atoms with van der Waals surface area (Å²) >= 11 is 11.9. The molecule has 2 rings (SSSR count). The molecule has 0 aliphatic heterocycles.